The third-order valence-corrected chi connectivity index (χ3v) is 3.93. The fourth-order valence-electron chi connectivity index (χ4n) is 2.34. The van der Waals surface area contributed by atoms with E-state index in [1.54, 1.807) is 0 Å². The van der Waals surface area contributed by atoms with E-state index in [2.05, 4.69) is 43.0 Å². The maximum absolute atomic E-state index is 11.6. The van der Waals surface area contributed by atoms with E-state index in [4.69, 9.17) is 9.15 Å². The Hall–Kier alpha value is -2.07. The first kappa shape index (κ1) is 16.3. The Morgan fingerprint density at radius 3 is 2.50 bits per heavy atom. The minimum Gasteiger partial charge on any atom is -0.463 e. The number of methoxy groups -OCH3 is 1. The Labute approximate surface area is 131 Å². The molecule has 0 N–H and O–H groups in total. The number of esters is 1. The topological polar surface area (TPSA) is 42.7 Å². The molecule has 0 bridgehead atoms. The summed E-state index contributed by atoms with van der Waals surface area (Å²) in [6, 6.07) is 10.5. The maximum atomic E-state index is 11.6. The molecule has 1 heterocycles. The van der Waals surface area contributed by atoms with Crippen LogP contribution in [0.25, 0.3) is 0 Å². The molecule has 1 atom stereocenters. The van der Waals surface area contributed by atoms with Gasteiger partial charge in [0.25, 0.3) is 0 Å². The van der Waals surface area contributed by atoms with Gasteiger partial charge in [-0.25, -0.2) is 4.79 Å². The van der Waals surface area contributed by atoms with Crippen LogP contribution in [0.5, 0.6) is 0 Å². The van der Waals surface area contributed by atoms with E-state index in [1.165, 1.54) is 18.2 Å². The largest absolute Gasteiger partial charge is 0.463 e. The molecule has 118 valence electrons. The van der Waals surface area contributed by atoms with Crippen LogP contribution in [0, 0.1) is 13.8 Å². The lowest BCUT2D eigenvalue weighted by Gasteiger charge is -2.23. The summed E-state index contributed by atoms with van der Waals surface area (Å²) >= 11 is 0. The summed E-state index contributed by atoms with van der Waals surface area (Å²) in [5.41, 5.74) is 3.30. The highest BCUT2D eigenvalue weighted by Crippen LogP contribution is 2.26. The van der Waals surface area contributed by atoms with Gasteiger partial charge in [0.1, 0.15) is 5.76 Å². The average Bonchev–Trinajstić information content (AvgIpc) is 2.89. The average molecular weight is 301 g/mol. The Kier molecular flexibility index (Phi) is 5.03. The number of furan rings is 1. The van der Waals surface area contributed by atoms with Gasteiger partial charge in [0.15, 0.2) is 0 Å². The summed E-state index contributed by atoms with van der Waals surface area (Å²) in [7, 11) is 3.40. The van der Waals surface area contributed by atoms with Gasteiger partial charge in [0.05, 0.1) is 13.2 Å². The van der Waals surface area contributed by atoms with E-state index in [1.807, 2.05) is 20.0 Å². The monoisotopic (exact) mass is 301 g/mol. The van der Waals surface area contributed by atoms with Crippen molar-refractivity contribution in [2.45, 2.75) is 33.4 Å². The van der Waals surface area contributed by atoms with Crippen LogP contribution in [0.1, 0.15) is 46.0 Å². The van der Waals surface area contributed by atoms with Crippen LogP contribution < -0.4 is 0 Å². The van der Waals surface area contributed by atoms with Crippen molar-refractivity contribution in [2.24, 2.45) is 0 Å². The lowest BCUT2D eigenvalue weighted by molar-refractivity contribution is 0.0558. The molecule has 2 aromatic rings. The zero-order valence-corrected chi connectivity index (χ0v) is 13.8. The van der Waals surface area contributed by atoms with Crippen LogP contribution in [0.15, 0.2) is 34.7 Å². The minimum absolute atomic E-state index is 0.0680. The van der Waals surface area contributed by atoms with Gasteiger partial charge in [-0.1, -0.05) is 29.8 Å². The molecule has 0 saturated heterocycles. The maximum Gasteiger partial charge on any atom is 0.374 e. The molecular formula is C18H23NO3. The SMILES string of the molecule is COC(=O)c1oc([C@H](C)N(C)Cc2ccc(C)cc2)cc1C. The third-order valence-electron chi connectivity index (χ3n) is 3.93. The number of carbonyl (C=O) groups excluding carboxylic acids is 1. The van der Waals surface area contributed by atoms with Crippen LogP contribution in [0.2, 0.25) is 0 Å². The minimum atomic E-state index is -0.433. The molecule has 0 amide bonds. The molecule has 4 nitrogen and oxygen atoms in total. The van der Waals surface area contributed by atoms with E-state index >= 15 is 0 Å². The molecule has 1 aromatic carbocycles. The van der Waals surface area contributed by atoms with E-state index in [9.17, 15) is 4.79 Å². The van der Waals surface area contributed by atoms with Crippen LogP contribution in [-0.2, 0) is 11.3 Å². The van der Waals surface area contributed by atoms with Gasteiger partial charge in [0, 0.05) is 12.1 Å². The smallest absolute Gasteiger partial charge is 0.374 e. The Balaban J connectivity index is 2.11. The fourth-order valence-corrected chi connectivity index (χ4v) is 2.34. The van der Waals surface area contributed by atoms with Crippen molar-refractivity contribution in [3.63, 3.8) is 0 Å². The molecule has 2 rings (SSSR count). The number of rotatable bonds is 5. The van der Waals surface area contributed by atoms with E-state index in [0.29, 0.717) is 0 Å². The van der Waals surface area contributed by atoms with E-state index in [-0.39, 0.29) is 11.8 Å². The van der Waals surface area contributed by atoms with Gasteiger partial charge in [-0.2, -0.15) is 0 Å². The molecule has 0 unspecified atom stereocenters. The highest BCUT2D eigenvalue weighted by Gasteiger charge is 2.21. The third kappa shape index (κ3) is 3.57. The quantitative estimate of drug-likeness (QED) is 0.786. The van der Waals surface area contributed by atoms with Crippen molar-refractivity contribution in [1.29, 1.82) is 0 Å². The number of carbonyl (C=O) groups is 1. The van der Waals surface area contributed by atoms with E-state index in [0.717, 1.165) is 17.9 Å². The fraction of sp³-hybridized carbons (Fsp3) is 0.389. The first-order chi connectivity index (χ1) is 10.4. The summed E-state index contributed by atoms with van der Waals surface area (Å²) in [4.78, 5) is 13.8. The second-order valence-electron chi connectivity index (χ2n) is 5.73. The first-order valence-electron chi connectivity index (χ1n) is 7.36. The van der Waals surface area contributed by atoms with Gasteiger partial charge in [0.2, 0.25) is 5.76 Å². The number of hydrogen-bond donors (Lipinski definition) is 0. The molecular weight excluding hydrogens is 278 g/mol. The van der Waals surface area contributed by atoms with Crippen molar-refractivity contribution in [3.8, 4) is 0 Å². The summed E-state index contributed by atoms with van der Waals surface area (Å²) in [6.45, 7) is 6.81. The number of hydrogen-bond acceptors (Lipinski definition) is 4. The summed E-state index contributed by atoms with van der Waals surface area (Å²) in [5, 5.41) is 0. The van der Waals surface area contributed by atoms with Gasteiger partial charge < -0.3 is 9.15 Å². The second kappa shape index (κ2) is 6.79. The Morgan fingerprint density at radius 1 is 1.27 bits per heavy atom. The van der Waals surface area contributed by atoms with Crippen molar-refractivity contribution < 1.29 is 13.9 Å². The van der Waals surface area contributed by atoms with Gasteiger partial charge in [-0.05, 0) is 39.4 Å². The highest BCUT2D eigenvalue weighted by molar-refractivity contribution is 5.87. The molecule has 0 aliphatic heterocycles. The molecule has 0 aliphatic rings. The number of nitrogens with zero attached hydrogens (tertiary/aromatic N) is 1. The molecule has 0 aliphatic carbocycles. The van der Waals surface area contributed by atoms with Crippen LogP contribution >= 0.6 is 0 Å². The molecule has 22 heavy (non-hydrogen) atoms. The molecule has 4 heteroatoms. The predicted octanol–water partition coefficient (Wildman–Crippen LogP) is 3.88. The number of aryl methyl sites for hydroxylation is 2. The number of ether oxygens (including phenoxy) is 1. The van der Waals surface area contributed by atoms with Gasteiger partial charge >= 0.3 is 5.97 Å². The van der Waals surface area contributed by atoms with Gasteiger partial charge in [-0.15, -0.1) is 0 Å². The standard InChI is InChI=1S/C18H23NO3/c1-12-6-8-15(9-7-12)11-19(4)14(3)16-10-13(2)17(22-16)18(20)21-5/h6-10,14H,11H2,1-5H3/t14-/m0/s1. The highest BCUT2D eigenvalue weighted by atomic mass is 16.5. The molecule has 0 fully saturated rings. The van der Waals surface area contributed by atoms with Crippen molar-refractivity contribution >= 4 is 5.97 Å². The lowest BCUT2D eigenvalue weighted by Crippen LogP contribution is -2.21. The van der Waals surface area contributed by atoms with Crippen LogP contribution in [-0.4, -0.2) is 25.0 Å². The normalized spacial score (nSPS) is 12.5. The summed E-state index contributed by atoms with van der Waals surface area (Å²) < 4.78 is 10.4. The zero-order valence-electron chi connectivity index (χ0n) is 13.8. The predicted molar refractivity (Wildman–Crippen MR) is 85.8 cm³/mol. The zero-order chi connectivity index (χ0) is 16.3. The second-order valence-corrected chi connectivity index (χ2v) is 5.73. The molecule has 0 spiro atoms. The summed E-state index contributed by atoms with van der Waals surface area (Å²) in [6.07, 6.45) is 0. The molecule has 1 aromatic heterocycles. The first-order valence-corrected chi connectivity index (χ1v) is 7.36. The van der Waals surface area contributed by atoms with Gasteiger partial charge in [-0.3, -0.25) is 4.90 Å². The van der Waals surface area contributed by atoms with Crippen LogP contribution in [0.4, 0.5) is 0 Å². The van der Waals surface area contributed by atoms with Crippen molar-refractivity contribution in [1.82, 2.24) is 4.90 Å². The number of benzene rings is 1. The lowest BCUT2D eigenvalue weighted by atomic mass is 10.1. The Bertz CT molecular complexity index is 643. The molecule has 0 radical (unpaired) electrons. The van der Waals surface area contributed by atoms with Crippen molar-refractivity contribution in [2.75, 3.05) is 14.2 Å². The Morgan fingerprint density at radius 2 is 1.91 bits per heavy atom. The van der Waals surface area contributed by atoms with Crippen LogP contribution in [0.3, 0.4) is 0 Å². The van der Waals surface area contributed by atoms with E-state index < -0.39 is 5.97 Å². The summed E-state index contributed by atoms with van der Waals surface area (Å²) in [5.74, 6) is 0.623. The molecule has 0 saturated carbocycles. The van der Waals surface area contributed by atoms with Crippen molar-refractivity contribution in [3.05, 3.63) is 58.5 Å².